The van der Waals surface area contributed by atoms with Gasteiger partial charge in [-0.3, -0.25) is 4.79 Å². The fourth-order valence-corrected chi connectivity index (χ4v) is 3.38. The van der Waals surface area contributed by atoms with Crippen molar-refractivity contribution in [2.75, 3.05) is 14.2 Å². The Morgan fingerprint density at radius 2 is 1.81 bits per heavy atom. The molecule has 0 aliphatic rings. The highest BCUT2D eigenvalue weighted by Gasteiger charge is 2.24. The van der Waals surface area contributed by atoms with E-state index in [9.17, 15) is 9.59 Å². The molecule has 0 spiro atoms. The number of ether oxygens (including phenoxy) is 3. The van der Waals surface area contributed by atoms with Gasteiger partial charge in [0.15, 0.2) is 17.3 Å². The number of aromatic nitrogens is 2. The molecule has 0 aliphatic heterocycles. The minimum Gasteiger partial charge on any atom is -0.493 e. The Kier molecular flexibility index (Phi) is 5.44. The smallest absolute Gasteiger partial charge is 0.380 e. The molecule has 2 heterocycles. The molecule has 0 bridgehead atoms. The van der Waals surface area contributed by atoms with Gasteiger partial charge in [-0.05, 0) is 31.2 Å². The Bertz CT molecular complexity index is 1270. The third-order valence-corrected chi connectivity index (χ3v) is 4.88. The Morgan fingerprint density at radius 3 is 2.58 bits per heavy atom. The standard InChI is InChI=1S/C23H20N2O6/c1-13-21(16-6-4-5-7-17(16)24-13)22(26)23(27)30-12-15-11-19(31-25-15)14-8-9-18(28-2)20(10-14)29-3/h4-11,24H,12H2,1-3H3. The highest BCUT2D eigenvalue weighted by molar-refractivity contribution is 6.43. The summed E-state index contributed by atoms with van der Waals surface area (Å²) in [6, 6.07) is 14.2. The van der Waals surface area contributed by atoms with E-state index in [0.717, 1.165) is 5.52 Å². The lowest BCUT2D eigenvalue weighted by molar-refractivity contribution is -0.139. The van der Waals surface area contributed by atoms with Crippen molar-refractivity contribution in [3.63, 3.8) is 0 Å². The van der Waals surface area contributed by atoms with Crippen molar-refractivity contribution in [1.29, 1.82) is 0 Å². The number of para-hydroxylation sites is 1. The number of aryl methyl sites for hydroxylation is 1. The topological polar surface area (TPSA) is 104 Å². The molecule has 0 saturated carbocycles. The van der Waals surface area contributed by atoms with E-state index in [1.54, 1.807) is 51.5 Å². The molecule has 8 nitrogen and oxygen atoms in total. The van der Waals surface area contributed by atoms with Crippen molar-refractivity contribution in [2.24, 2.45) is 0 Å². The zero-order valence-electron chi connectivity index (χ0n) is 17.2. The van der Waals surface area contributed by atoms with Gasteiger partial charge in [-0.1, -0.05) is 23.4 Å². The number of ketones is 1. The first kappa shape index (κ1) is 20.2. The van der Waals surface area contributed by atoms with Crippen LogP contribution in [-0.2, 0) is 16.1 Å². The quantitative estimate of drug-likeness (QED) is 0.273. The third kappa shape index (κ3) is 3.87. The number of aromatic amines is 1. The number of carbonyl (C=O) groups excluding carboxylic acids is 2. The maximum absolute atomic E-state index is 12.7. The molecule has 0 amide bonds. The summed E-state index contributed by atoms with van der Waals surface area (Å²) < 4.78 is 21.0. The average Bonchev–Trinajstić information content (AvgIpc) is 3.40. The molecule has 0 aliphatic carbocycles. The molecule has 158 valence electrons. The van der Waals surface area contributed by atoms with Gasteiger partial charge in [0.05, 0.1) is 19.8 Å². The van der Waals surface area contributed by atoms with Crippen LogP contribution in [0.4, 0.5) is 0 Å². The van der Waals surface area contributed by atoms with Crippen molar-refractivity contribution in [1.82, 2.24) is 10.1 Å². The van der Waals surface area contributed by atoms with Gasteiger partial charge >= 0.3 is 5.97 Å². The Balaban J connectivity index is 1.46. The molecule has 1 N–H and O–H groups in total. The van der Waals surface area contributed by atoms with Crippen LogP contribution in [0.25, 0.3) is 22.2 Å². The summed E-state index contributed by atoms with van der Waals surface area (Å²) in [7, 11) is 3.09. The van der Waals surface area contributed by atoms with Crippen LogP contribution in [0.2, 0.25) is 0 Å². The van der Waals surface area contributed by atoms with Crippen LogP contribution in [0.15, 0.2) is 53.1 Å². The van der Waals surface area contributed by atoms with Crippen molar-refractivity contribution in [3.8, 4) is 22.8 Å². The van der Waals surface area contributed by atoms with E-state index in [1.807, 2.05) is 18.2 Å². The maximum Gasteiger partial charge on any atom is 0.380 e. The van der Waals surface area contributed by atoms with E-state index >= 15 is 0 Å². The Morgan fingerprint density at radius 1 is 1.03 bits per heavy atom. The SMILES string of the molecule is COc1ccc(-c2cc(COC(=O)C(=O)c3c(C)[nH]c4ccccc34)no2)cc1OC. The maximum atomic E-state index is 12.7. The molecule has 0 atom stereocenters. The number of carbonyl (C=O) groups is 2. The number of methoxy groups -OCH3 is 2. The molecule has 4 rings (SSSR count). The Hall–Kier alpha value is -4.07. The zero-order chi connectivity index (χ0) is 22.0. The first-order valence-corrected chi connectivity index (χ1v) is 9.48. The first-order chi connectivity index (χ1) is 15.0. The van der Waals surface area contributed by atoms with E-state index < -0.39 is 11.8 Å². The molecule has 0 radical (unpaired) electrons. The molecule has 0 saturated heterocycles. The van der Waals surface area contributed by atoms with E-state index in [4.69, 9.17) is 18.7 Å². The number of nitrogens with one attached hydrogen (secondary N) is 1. The van der Waals surface area contributed by atoms with E-state index in [1.165, 1.54) is 0 Å². The third-order valence-electron chi connectivity index (χ3n) is 4.88. The summed E-state index contributed by atoms with van der Waals surface area (Å²) in [4.78, 5) is 28.1. The zero-order valence-corrected chi connectivity index (χ0v) is 17.2. The van der Waals surface area contributed by atoms with Gasteiger partial charge in [0, 0.05) is 28.2 Å². The molecule has 4 aromatic rings. The summed E-state index contributed by atoms with van der Waals surface area (Å²) in [5, 5.41) is 4.59. The van der Waals surface area contributed by atoms with Crippen LogP contribution in [-0.4, -0.2) is 36.1 Å². The monoisotopic (exact) mass is 420 g/mol. The van der Waals surface area contributed by atoms with E-state index in [-0.39, 0.29) is 6.61 Å². The van der Waals surface area contributed by atoms with Crippen LogP contribution < -0.4 is 9.47 Å². The molecule has 0 unspecified atom stereocenters. The summed E-state index contributed by atoms with van der Waals surface area (Å²) in [6.45, 7) is 1.55. The van der Waals surface area contributed by atoms with Crippen molar-refractivity contribution >= 4 is 22.7 Å². The number of hydrogen-bond donors (Lipinski definition) is 1. The predicted molar refractivity (Wildman–Crippen MR) is 112 cm³/mol. The van der Waals surface area contributed by atoms with Crippen LogP contribution in [0.3, 0.4) is 0 Å². The molecular weight excluding hydrogens is 400 g/mol. The summed E-state index contributed by atoms with van der Waals surface area (Å²) >= 11 is 0. The highest BCUT2D eigenvalue weighted by Crippen LogP contribution is 2.32. The van der Waals surface area contributed by atoms with Crippen LogP contribution >= 0.6 is 0 Å². The molecule has 2 aromatic carbocycles. The number of Topliss-reactive ketones (excluding diaryl/α,β-unsaturated/α-hetero) is 1. The molecule has 2 aromatic heterocycles. The lowest BCUT2D eigenvalue weighted by Crippen LogP contribution is -2.18. The minimum atomic E-state index is -0.955. The first-order valence-electron chi connectivity index (χ1n) is 9.48. The van der Waals surface area contributed by atoms with Crippen LogP contribution in [0.5, 0.6) is 11.5 Å². The number of fused-ring (bicyclic) bond motifs is 1. The number of rotatable bonds is 7. The summed E-state index contributed by atoms with van der Waals surface area (Å²) in [5.41, 5.74) is 2.80. The van der Waals surface area contributed by atoms with Gasteiger partial charge in [0.2, 0.25) is 0 Å². The fraction of sp³-hybridized carbons (Fsp3) is 0.174. The number of esters is 1. The fourth-order valence-electron chi connectivity index (χ4n) is 3.38. The molecular formula is C23H20N2O6. The van der Waals surface area contributed by atoms with E-state index in [0.29, 0.717) is 45.2 Å². The second kappa shape index (κ2) is 8.35. The molecule has 8 heteroatoms. The van der Waals surface area contributed by atoms with E-state index in [2.05, 4.69) is 10.1 Å². The summed E-state index contributed by atoms with van der Waals surface area (Å²) in [6.07, 6.45) is 0. The Labute approximate surface area is 177 Å². The van der Waals surface area contributed by atoms with Gasteiger partial charge in [-0.2, -0.15) is 0 Å². The van der Waals surface area contributed by atoms with Gasteiger partial charge in [0.1, 0.15) is 12.3 Å². The molecule has 31 heavy (non-hydrogen) atoms. The highest BCUT2D eigenvalue weighted by atomic mass is 16.5. The van der Waals surface area contributed by atoms with Crippen molar-refractivity contribution in [3.05, 3.63) is 65.5 Å². The van der Waals surface area contributed by atoms with Crippen LogP contribution in [0.1, 0.15) is 21.7 Å². The summed E-state index contributed by atoms with van der Waals surface area (Å²) in [5.74, 6) is -0.0667. The minimum absolute atomic E-state index is 0.192. The largest absolute Gasteiger partial charge is 0.493 e. The van der Waals surface area contributed by atoms with Crippen molar-refractivity contribution < 1.29 is 28.3 Å². The number of H-pyrrole nitrogens is 1. The number of hydrogen-bond acceptors (Lipinski definition) is 7. The normalized spacial score (nSPS) is 10.8. The van der Waals surface area contributed by atoms with Gasteiger partial charge < -0.3 is 23.7 Å². The second-order valence-corrected chi connectivity index (χ2v) is 6.83. The lowest BCUT2D eigenvalue weighted by atomic mass is 10.1. The predicted octanol–water partition coefficient (Wildman–Crippen LogP) is 4.07. The molecule has 0 fully saturated rings. The number of benzene rings is 2. The lowest BCUT2D eigenvalue weighted by Gasteiger charge is -2.07. The van der Waals surface area contributed by atoms with Gasteiger partial charge in [-0.15, -0.1) is 0 Å². The van der Waals surface area contributed by atoms with Gasteiger partial charge in [0.25, 0.3) is 5.78 Å². The second-order valence-electron chi connectivity index (χ2n) is 6.83. The number of nitrogens with zero attached hydrogens (tertiary/aromatic N) is 1. The average molecular weight is 420 g/mol. The van der Waals surface area contributed by atoms with Gasteiger partial charge in [-0.25, -0.2) is 4.79 Å². The van der Waals surface area contributed by atoms with Crippen LogP contribution in [0, 0.1) is 6.92 Å². The van der Waals surface area contributed by atoms with Crippen molar-refractivity contribution in [2.45, 2.75) is 13.5 Å².